The number of nitrogen functional groups attached to an aromatic ring is 1. The van der Waals surface area contributed by atoms with Crippen molar-refractivity contribution in [2.24, 2.45) is 10.9 Å². The highest BCUT2D eigenvalue weighted by atomic mass is 32.2. The molecule has 0 amide bonds. The molecule has 0 fully saturated rings. The summed E-state index contributed by atoms with van der Waals surface area (Å²) in [7, 11) is 0. The van der Waals surface area contributed by atoms with Gasteiger partial charge < -0.3 is 16.0 Å². The number of carbonyl (C=O) groups is 1. The van der Waals surface area contributed by atoms with Crippen LogP contribution in [0, 0.1) is 11.7 Å². The Morgan fingerprint density at radius 1 is 1.28 bits per heavy atom. The molecule has 1 unspecified atom stereocenters. The summed E-state index contributed by atoms with van der Waals surface area (Å²) >= 11 is 1.51. The summed E-state index contributed by atoms with van der Waals surface area (Å²) in [6, 6.07) is 7.71. The number of nitrogens with two attached hydrogens (primary N) is 1. The van der Waals surface area contributed by atoms with Gasteiger partial charge in [-0.1, -0.05) is 35.5 Å². The van der Waals surface area contributed by atoms with Crippen molar-refractivity contribution in [1.29, 1.82) is 0 Å². The molecule has 2 aliphatic rings. The van der Waals surface area contributed by atoms with E-state index in [4.69, 9.17) is 10.7 Å². The number of nitrogens with zero attached hydrogens (tertiary/aromatic N) is 3. The van der Waals surface area contributed by atoms with E-state index in [1.807, 2.05) is 25.3 Å². The quantitative estimate of drug-likeness (QED) is 0.541. The number of carbonyl (C=O) groups excluding carboxylic acids is 1. The van der Waals surface area contributed by atoms with Crippen LogP contribution in [0.15, 0.2) is 58.2 Å². The third-order valence-electron chi connectivity index (χ3n) is 5.71. The highest BCUT2D eigenvalue weighted by molar-refractivity contribution is 8.16. The van der Waals surface area contributed by atoms with Crippen LogP contribution in [0.5, 0.6) is 0 Å². The van der Waals surface area contributed by atoms with E-state index >= 15 is 0 Å². The van der Waals surface area contributed by atoms with Crippen molar-refractivity contribution in [1.82, 2.24) is 15.0 Å². The van der Waals surface area contributed by atoms with Crippen molar-refractivity contribution in [3.8, 4) is 0 Å². The molecule has 2 aliphatic heterocycles. The Morgan fingerprint density at radius 2 is 2.09 bits per heavy atom. The Labute approximate surface area is 188 Å². The number of ketones is 1. The second kappa shape index (κ2) is 7.90. The molecule has 7 nitrogen and oxygen atoms in total. The lowest BCUT2D eigenvalue weighted by Gasteiger charge is -2.19. The molecular weight excluding hydrogens is 427 g/mol. The number of anilines is 2. The lowest BCUT2D eigenvalue weighted by atomic mass is 9.90. The molecule has 2 aromatic heterocycles. The molecule has 4 heterocycles. The van der Waals surface area contributed by atoms with Crippen LogP contribution in [0.25, 0.3) is 16.6 Å². The van der Waals surface area contributed by atoms with Gasteiger partial charge in [0, 0.05) is 24.1 Å². The zero-order valence-electron chi connectivity index (χ0n) is 17.5. The fourth-order valence-electron chi connectivity index (χ4n) is 4.08. The molecule has 0 saturated heterocycles. The normalized spacial score (nSPS) is 19.5. The van der Waals surface area contributed by atoms with Crippen LogP contribution in [-0.2, 0) is 4.79 Å². The molecule has 0 saturated carbocycles. The molecule has 3 aromatic rings. The number of H-pyrrole nitrogens is 1. The number of benzene rings is 1. The Hall–Kier alpha value is -3.46. The van der Waals surface area contributed by atoms with E-state index in [0.717, 1.165) is 16.0 Å². The number of hydrogen-bond acceptors (Lipinski definition) is 7. The smallest absolute Gasteiger partial charge is 0.223 e. The summed E-state index contributed by atoms with van der Waals surface area (Å²) in [5.41, 5.74) is 8.60. The second-order valence-electron chi connectivity index (χ2n) is 7.89. The highest BCUT2D eigenvalue weighted by Gasteiger charge is 2.34. The zero-order chi connectivity index (χ0) is 22.4. The summed E-state index contributed by atoms with van der Waals surface area (Å²) in [4.78, 5) is 29.9. The van der Waals surface area contributed by atoms with Gasteiger partial charge in [-0.2, -0.15) is 9.97 Å². The molecule has 4 N–H and O–H groups in total. The number of fused-ring (bicyclic) bond motifs is 2. The Bertz CT molecular complexity index is 1340. The molecule has 0 radical (unpaired) electrons. The predicted molar refractivity (Wildman–Crippen MR) is 127 cm³/mol. The maximum absolute atomic E-state index is 14.8. The summed E-state index contributed by atoms with van der Waals surface area (Å²) in [6.07, 6.45) is 2.01. The largest absolute Gasteiger partial charge is 0.368 e. The van der Waals surface area contributed by atoms with Crippen LogP contribution in [0.1, 0.15) is 25.8 Å². The summed E-state index contributed by atoms with van der Waals surface area (Å²) in [6.45, 7) is 3.87. The van der Waals surface area contributed by atoms with Crippen molar-refractivity contribution in [3.05, 3.63) is 64.6 Å². The van der Waals surface area contributed by atoms with E-state index < -0.39 is 11.9 Å². The number of aromatic nitrogens is 3. The van der Waals surface area contributed by atoms with Gasteiger partial charge >= 0.3 is 0 Å². The third-order valence-corrected chi connectivity index (χ3v) is 6.81. The van der Waals surface area contributed by atoms with Crippen LogP contribution >= 0.6 is 11.8 Å². The van der Waals surface area contributed by atoms with E-state index in [1.165, 1.54) is 17.8 Å². The lowest BCUT2D eigenvalue weighted by Crippen LogP contribution is -2.21. The molecule has 5 rings (SSSR count). The Kier molecular flexibility index (Phi) is 5.05. The van der Waals surface area contributed by atoms with Crippen molar-refractivity contribution in [2.75, 3.05) is 11.1 Å². The first-order chi connectivity index (χ1) is 15.4. The van der Waals surface area contributed by atoms with E-state index in [2.05, 4.69) is 20.3 Å². The zero-order valence-corrected chi connectivity index (χ0v) is 18.3. The van der Waals surface area contributed by atoms with Gasteiger partial charge in [0.1, 0.15) is 17.3 Å². The number of hydrogen-bond donors (Lipinski definition) is 3. The number of aromatic amines is 1. The molecule has 32 heavy (non-hydrogen) atoms. The van der Waals surface area contributed by atoms with E-state index in [0.29, 0.717) is 22.7 Å². The minimum Gasteiger partial charge on any atom is -0.368 e. The molecular formula is C23H21FN6OS. The second-order valence-corrected chi connectivity index (χ2v) is 8.78. The van der Waals surface area contributed by atoms with Gasteiger partial charge in [-0.25, -0.2) is 9.38 Å². The van der Waals surface area contributed by atoms with Gasteiger partial charge in [0.2, 0.25) is 5.95 Å². The minimum atomic E-state index is -0.452. The monoisotopic (exact) mass is 448 g/mol. The van der Waals surface area contributed by atoms with Gasteiger partial charge in [-0.05, 0) is 31.4 Å². The molecule has 0 bridgehead atoms. The molecule has 1 aromatic carbocycles. The highest BCUT2D eigenvalue weighted by Crippen LogP contribution is 2.40. The first-order valence-electron chi connectivity index (χ1n) is 10.2. The van der Waals surface area contributed by atoms with Crippen LogP contribution in [-0.4, -0.2) is 31.8 Å². The van der Waals surface area contributed by atoms with Crippen molar-refractivity contribution in [3.63, 3.8) is 0 Å². The first kappa shape index (κ1) is 20.4. The Morgan fingerprint density at radius 3 is 2.91 bits per heavy atom. The number of allylic oxidation sites excluding steroid dienone is 2. The topological polar surface area (TPSA) is 109 Å². The average Bonchev–Trinajstić information content (AvgIpc) is 3.32. The first-order valence-corrected chi connectivity index (χ1v) is 11.1. The summed E-state index contributed by atoms with van der Waals surface area (Å²) < 4.78 is 14.8. The Balaban J connectivity index is 1.65. The summed E-state index contributed by atoms with van der Waals surface area (Å²) in [5, 5.41) is 6.95. The molecule has 2 atom stereocenters. The lowest BCUT2D eigenvalue weighted by molar-refractivity contribution is -0.114. The number of thioether (sulfide) groups is 1. The standard InChI is InChI=1S/C23H21FN6OS/c1-11-10-32-22-15(11)9-17(31)18(13-5-3-4-6-16(13)24)19(28-22)12(2)27-21-14-7-8-26-20(14)29-23(25)30-21/h3-8,10,12,15H,9H2,1-2H3,(H4,25,26,27,29,30)/t12?,15-/m1/s1. The van der Waals surface area contributed by atoms with Crippen LogP contribution in [0.3, 0.4) is 0 Å². The van der Waals surface area contributed by atoms with Crippen molar-refractivity contribution >= 4 is 51.0 Å². The van der Waals surface area contributed by atoms with Crippen LogP contribution in [0.2, 0.25) is 0 Å². The van der Waals surface area contributed by atoms with Crippen LogP contribution in [0.4, 0.5) is 16.2 Å². The molecule has 0 aliphatic carbocycles. The van der Waals surface area contributed by atoms with Crippen LogP contribution < -0.4 is 11.1 Å². The number of Topliss-reactive ketones (excluding diaryl/α,β-unsaturated/α-hetero) is 1. The van der Waals surface area contributed by atoms with Gasteiger partial charge in [0.25, 0.3) is 0 Å². The van der Waals surface area contributed by atoms with Gasteiger partial charge in [0.15, 0.2) is 5.78 Å². The average molecular weight is 449 g/mol. The SMILES string of the molecule is CC1=CSC2=NC(C(C)Nc3nc(N)nc4[nH]ccc34)=C(c3ccccc3F)C(=O)C[C@H]12. The number of aliphatic imine (C=N–C) groups is 1. The van der Waals surface area contributed by atoms with E-state index in [9.17, 15) is 9.18 Å². The van der Waals surface area contributed by atoms with Gasteiger partial charge in [-0.3, -0.25) is 4.79 Å². The third kappa shape index (κ3) is 3.48. The maximum Gasteiger partial charge on any atom is 0.223 e. The maximum atomic E-state index is 14.8. The molecule has 0 spiro atoms. The predicted octanol–water partition coefficient (Wildman–Crippen LogP) is 4.53. The van der Waals surface area contributed by atoms with Gasteiger partial charge in [0.05, 0.1) is 27.7 Å². The number of halogens is 1. The van der Waals surface area contributed by atoms with Gasteiger partial charge in [-0.15, -0.1) is 0 Å². The van der Waals surface area contributed by atoms with Crippen molar-refractivity contribution in [2.45, 2.75) is 26.3 Å². The molecule has 162 valence electrons. The minimum absolute atomic E-state index is 0.0787. The van der Waals surface area contributed by atoms with E-state index in [1.54, 1.807) is 24.4 Å². The number of nitrogens with one attached hydrogen (secondary N) is 2. The fraction of sp³-hybridized carbons (Fsp3) is 0.217. The fourth-order valence-corrected chi connectivity index (χ4v) is 5.13. The summed E-state index contributed by atoms with van der Waals surface area (Å²) in [5.74, 6) is -0.0280. The van der Waals surface area contributed by atoms with Crippen molar-refractivity contribution < 1.29 is 9.18 Å². The molecule has 9 heteroatoms. The number of rotatable bonds is 4. The van der Waals surface area contributed by atoms with E-state index in [-0.39, 0.29) is 29.6 Å².